The molecular weight excluding hydrogens is 232 g/mol. The zero-order chi connectivity index (χ0) is 13.3. The van der Waals surface area contributed by atoms with E-state index in [1.807, 2.05) is 20.8 Å². The first-order valence-electron chi connectivity index (χ1n) is 5.78. The van der Waals surface area contributed by atoms with Crippen LogP contribution in [0.3, 0.4) is 0 Å². The normalized spacial score (nSPS) is 12.7. The van der Waals surface area contributed by atoms with Crippen LogP contribution in [0.4, 0.5) is 0 Å². The highest BCUT2D eigenvalue weighted by atomic mass is 16.5. The lowest BCUT2D eigenvalue weighted by Gasteiger charge is -2.04. The Labute approximate surface area is 105 Å². The topological polar surface area (TPSA) is 69.4 Å². The summed E-state index contributed by atoms with van der Waals surface area (Å²) >= 11 is 0. The molecule has 0 radical (unpaired) electrons. The van der Waals surface area contributed by atoms with Crippen molar-refractivity contribution >= 4 is 11.6 Å². The maximum Gasteiger partial charge on any atom is 0.306 e. The summed E-state index contributed by atoms with van der Waals surface area (Å²) in [6, 6.07) is 0. The first kappa shape index (κ1) is 12.5. The molecule has 0 amide bonds. The van der Waals surface area contributed by atoms with Crippen LogP contribution in [0.5, 0.6) is 0 Å². The Kier molecular flexibility index (Phi) is 3.27. The molecule has 1 unspecified atom stereocenters. The Hall–Kier alpha value is -1.98. The monoisotopic (exact) mass is 248 g/mol. The zero-order valence-electron chi connectivity index (χ0n) is 11.0. The summed E-state index contributed by atoms with van der Waals surface area (Å²) in [5.41, 5.74) is 2.48. The smallest absolute Gasteiger partial charge is 0.306 e. The van der Waals surface area contributed by atoms with E-state index in [0.717, 1.165) is 17.0 Å². The number of hydrogen-bond acceptors (Lipinski definition) is 5. The standard InChI is InChI=1S/C12H16N4O2/c1-7(5-10(17)18-4)11-14-12-9(3)13-6-8(2)16(12)15-11/h6-7H,5H2,1-4H3. The van der Waals surface area contributed by atoms with Crippen molar-refractivity contribution in [1.82, 2.24) is 19.6 Å². The van der Waals surface area contributed by atoms with E-state index in [1.54, 1.807) is 10.7 Å². The predicted molar refractivity (Wildman–Crippen MR) is 65.3 cm³/mol. The van der Waals surface area contributed by atoms with Crippen LogP contribution < -0.4 is 0 Å². The summed E-state index contributed by atoms with van der Waals surface area (Å²) < 4.78 is 6.41. The van der Waals surface area contributed by atoms with Gasteiger partial charge in [-0.2, -0.15) is 5.10 Å². The van der Waals surface area contributed by atoms with Gasteiger partial charge in [0.1, 0.15) is 0 Å². The second kappa shape index (κ2) is 4.72. The average Bonchev–Trinajstić information content (AvgIpc) is 2.80. The van der Waals surface area contributed by atoms with Crippen molar-refractivity contribution in [1.29, 1.82) is 0 Å². The molecule has 18 heavy (non-hydrogen) atoms. The van der Waals surface area contributed by atoms with Gasteiger partial charge in [-0.3, -0.25) is 9.78 Å². The molecule has 1 atom stereocenters. The van der Waals surface area contributed by atoms with Crippen molar-refractivity contribution in [3.63, 3.8) is 0 Å². The minimum Gasteiger partial charge on any atom is -0.469 e. The SMILES string of the molecule is COC(=O)CC(C)c1nc2c(C)ncc(C)n2n1. The number of nitrogens with zero attached hydrogens (tertiary/aromatic N) is 4. The van der Waals surface area contributed by atoms with E-state index >= 15 is 0 Å². The summed E-state index contributed by atoms with van der Waals surface area (Å²) in [5, 5.41) is 4.42. The molecule has 96 valence electrons. The van der Waals surface area contributed by atoms with Crippen LogP contribution in [-0.2, 0) is 9.53 Å². The van der Waals surface area contributed by atoms with Crippen LogP contribution >= 0.6 is 0 Å². The van der Waals surface area contributed by atoms with Gasteiger partial charge < -0.3 is 4.74 Å². The van der Waals surface area contributed by atoms with Gasteiger partial charge in [-0.1, -0.05) is 6.92 Å². The molecule has 2 heterocycles. The zero-order valence-corrected chi connectivity index (χ0v) is 11.0. The second-order valence-electron chi connectivity index (χ2n) is 4.37. The van der Waals surface area contributed by atoms with Crippen molar-refractivity contribution in [2.24, 2.45) is 0 Å². The van der Waals surface area contributed by atoms with Crippen LogP contribution in [-0.4, -0.2) is 32.7 Å². The third-order valence-corrected chi connectivity index (χ3v) is 2.87. The number of carbonyl (C=O) groups is 1. The highest BCUT2D eigenvalue weighted by Gasteiger charge is 2.17. The van der Waals surface area contributed by atoms with Crippen LogP contribution in [0.25, 0.3) is 5.65 Å². The Morgan fingerprint density at radius 3 is 2.83 bits per heavy atom. The lowest BCUT2D eigenvalue weighted by molar-refractivity contribution is -0.141. The van der Waals surface area contributed by atoms with Crippen molar-refractivity contribution in [2.45, 2.75) is 33.1 Å². The van der Waals surface area contributed by atoms with Crippen LogP contribution in [0.1, 0.15) is 36.5 Å². The molecule has 2 rings (SSSR count). The second-order valence-corrected chi connectivity index (χ2v) is 4.37. The third-order valence-electron chi connectivity index (χ3n) is 2.87. The van der Waals surface area contributed by atoms with Crippen molar-refractivity contribution in [3.8, 4) is 0 Å². The predicted octanol–water partition coefficient (Wildman–Crippen LogP) is 1.41. The molecule has 0 aliphatic heterocycles. The van der Waals surface area contributed by atoms with Crippen molar-refractivity contribution in [2.75, 3.05) is 7.11 Å². The largest absolute Gasteiger partial charge is 0.469 e. The van der Waals surface area contributed by atoms with Gasteiger partial charge in [0.2, 0.25) is 0 Å². The highest BCUT2D eigenvalue weighted by molar-refractivity contribution is 5.70. The summed E-state index contributed by atoms with van der Waals surface area (Å²) in [6.45, 7) is 5.71. The van der Waals surface area contributed by atoms with E-state index in [0.29, 0.717) is 5.82 Å². The molecule has 6 heteroatoms. The molecule has 0 spiro atoms. The van der Waals surface area contributed by atoms with Gasteiger partial charge in [-0.15, -0.1) is 0 Å². The number of rotatable bonds is 3. The molecule has 0 saturated heterocycles. The first-order chi connectivity index (χ1) is 8.52. The quantitative estimate of drug-likeness (QED) is 0.768. The molecular formula is C12H16N4O2. The number of hydrogen-bond donors (Lipinski definition) is 0. The van der Waals surface area contributed by atoms with E-state index in [2.05, 4.69) is 19.8 Å². The van der Waals surface area contributed by atoms with Crippen LogP contribution in [0, 0.1) is 13.8 Å². The Morgan fingerprint density at radius 2 is 2.22 bits per heavy atom. The van der Waals surface area contributed by atoms with Gasteiger partial charge in [0.15, 0.2) is 11.5 Å². The number of carbonyl (C=O) groups excluding carboxylic acids is 1. The molecule has 2 aromatic rings. The third kappa shape index (κ3) is 2.18. The van der Waals surface area contributed by atoms with Gasteiger partial charge in [-0.25, -0.2) is 9.50 Å². The van der Waals surface area contributed by atoms with E-state index in [9.17, 15) is 4.79 Å². The van der Waals surface area contributed by atoms with Gasteiger partial charge in [0.05, 0.1) is 24.9 Å². The van der Waals surface area contributed by atoms with Crippen molar-refractivity contribution < 1.29 is 9.53 Å². The van der Waals surface area contributed by atoms with Gasteiger partial charge in [-0.05, 0) is 13.8 Å². The van der Waals surface area contributed by atoms with E-state index in [-0.39, 0.29) is 18.3 Å². The fourth-order valence-electron chi connectivity index (χ4n) is 1.74. The molecule has 0 aromatic carbocycles. The Balaban J connectivity index is 2.38. The molecule has 0 N–H and O–H groups in total. The fourth-order valence-corrected chi connectivity index (χ4v) is 1.74. The number of methoxy groups -OCH3 is 1. The number of fused-ring (bicyclic) bond motifs is 1. The molecule has 0 saturated carbocycles. The Bertz CT molecular complexity index is 552. The lowest BCUT2D eigenvalue weighted by atomic mass is 10.1. The Morgan fingerprint density at radius 1 is 1.50 bits per heavy atom. The van der Waals surface area contributed by atoms with Gasteiger partial charge >= 0.3 is 5.97 Å². The minimum absolute atomic E-state index is 0.0730. The van der Waals surface area contributed by atoms with Crippen LogP contribution in [0.2, 0.25) is 0 Å². The molecule has 0 aliphatic carbocycles. The van der Waals surface area contributed by atoms with E-state index < -0.39 is 0 Å². The molecule has 0 fully saturated rings. The van der Waals surface area contributed by atoms with Crippen molar-refractivity contribution in [3.05, 3.63) is 23.4 Å². The van der Waals surface area contributed by atoms with E-state index in [4.69, 9.17) is 0 Å². The highest BCUT2D eigenvalue weighted by Crippen LogP contribution is 2.18. The maximum atomic E-state index is 11.2. The maximum absolute atomic E-state index is 11.2. The minimum atomic E-state index is -0.257. The van der Waals surface area contributed by atoms with E-state index in [1.165, 1.54) is 7.11 Å². The molecule has 0 aliphatic rings. The summed E-state index contributed by atoms with van der Waals surface area (Å²) in [5.74, 6) is 0.309. The molecule has 6 nitrogen and oxygen atoms in total. The number of esters is 1. The number of aryl methyl sites for hydroxylation is 2. The fraction of sp³-hybridized carbons (Fsp3) is 0.500. The average molecular weight is 248 g/mol. The number of aromatic nitrogens is 4. The molecule has 0 bridgehead atoms. The van der Waals surface area contributed by atoms with Crippen LogP contribution in [0.15, 0.2) is 6.20 Å². The summed E-state index contributed by atoms with van der Waals surface area (Å²) in [7, 11) is 1.38. The summed E-state index contributed by atoms with van der Waals surface area (Å²) in [6.07, 6.45) is 2.03. The lowest BCUT2D eigenvalue weighted by Crippen LogP contribution is -2.07. The van der Waals surface area contributed by atoms with Gasteiger partial charge in [0.25, 0.3) is 0 Å². The van der Waals surface area contributed by atoms with Gasteiger partial charge in [0, 0.05) is 12.1 Å². The summed E-state index contributed by atoms with van der Waals surface area (Å²) in [4.78, 5) is 19.9. The number of ether oxygens (including phenoxy) is 1. The molecule has 2 aromatic heterocycles. The first-order valence-corrected chi connectivity index (χ1v) is 5.78.